The minimum absolute atomic E-state index is 0.0720. The Bertz CT molecular complexity index is 1880. The maximum absolute atomic E-state index is 13.6. The van der Waals surface area contributed by atoms with Crippen molar-refractivity contribution in [2.75, 3.05) is 38.9 Å². The summed E-state index contributed by atoms with van der Waals surface area (Å²) < 4.78 is 23.0. The molecule has 5 amide bonds. The Labute approximate surface area is 354 Å². The number of rotatable bonds is 21. The molecule has 0 spiro atoms. The van der Waals surface area contributed by atoms with Gasteiger partial charge in [-0.25, -0.2) is 4.68 Å². The second kappa shape index (κ2) is 22.1. The van der Waals surface area contributed by atoms with Crippen LogP contribution >= 0.6 is 0 Å². The number of amides is 5. The van der Waals surface area contributed by atoms with Gasteiger partial charge in [0.05, 0.1) is 63.2 Å². The third-order valence-corrected chi connectivity index (χ3v) is 10.1. The largest absolute Gasteiger partial charge is 0.460 e. The molecule has 0 unspecified atom stereocenters. The number of nitrogens with one attached hydrogen (secondary N) is 3. The van der Waals surface area contributed by atoms with Crippen molar-refractivity contribution in [3.63, 3.8) is 0 Å². The second-order valence-corrected chi connectivity index (χ2v) is 16.4. The molecule has 1 aromatic heterocycles. The van der Waals surface area contributed by atoms with Gasteiger partial charge in [-0.1, -0.05) is 25.1 Å². The highest BCUT2D eigenvalue weighted by molar-refractivity contribution is 6.13. The first kappa shape index (κ1) is 48.5. The van der Waals surface area contributed by atoms with E-state index >= 15 is 0 Å². The minimum atomic E-state index is -1.38. The number of aryl methyl sites for hydroxylation is 1. The predicted octanol–water partition coefficient (Wildman–Crippen LogP) is 0.0849. The van der Waals surface area contributed by atoms with Crippen LogP contribution in [0.3, 0.4) is 0 Å². The topological polar surface area (TPSA) is 270 Å². The summed E-state index contributed by atoms with van der Waals surface area (Å²) in [5.74, 6) is -4.07. The monoisotopic (exact) mass is 857 g/mol. The van der Waals surface area contributed by atoms with Gasteiger partial charge >= 0.3 is 5.97 Å². The van der Waals surface area contributed by atoms with Crippen LogP contribution in [0, 0.1) is 11.3 Å². The molecule has 4 rings (SSSR count). The van der Waals surface area contributed by atoms with Crippen LogP contribution in [0.25, 0.3) is 0 Å². The Morgan fingerprint density at radius 2 is 1.66 bits per heavy atom. The molecule has 0 aliphatic carbocycles. The summed E-state index contributed by atoms with van der Waals surface area (Å²) in [7, 11) is 1.55. The number of anilines is 1. The number of aliphatic hydroxyl groups excluding tert-OH is 3. The number of hydrogen-bond acceptors (Lipinski definition) is 15. The third kappa shape index (κ3) is 13.7. The van der Waals surface area contributed by atoms with Gasteiger partial charge in [0.1, 0.15) is 42.7 Å². The number of ether oxygens (including phenoxy) is 4. The minimum Gasteiger partial charge on any atom is -0.460 e. The van der Waals surface area contributed by atoms with Gasteiger partial charge < -0.3 is 50.2 Å². The molecule has 0 saturated carbocycles. The third-order valence-electron chi connectivity index (χ3n) is 10.1. The zero-order valence-electron chi connectivity index (χ0n) is 35.7. The Kier molecular flexibility index (Phi) is 17.6. The molecule has 1 saturated heterocycles. The fourth-order valence-corrected chi connectivity index (χ4v) is 6.44. The van der Waals surface area contributed by atoms with Crippen molar-refractivity contribution in [2.24, 2.45) is 11.3 Å². The van der Waals surface area contributed by atoms with E-state index in [0.29, 0.717) is 36.6 Å². The van der Waals surface area contributed by atoms with E-state index in [1.54, 1.807) is 59.9 Å². The van der Waals surface area contributed by atoms with Crippen LogP contribution in [0.5, 0.6) is 0 Å². The number of imide groups is 1. The van der Waals surface area contributed by atoms with E-state index in [1.807, 2.05) is 0 Å². The van der Waals surface area contributed by atoms with Crippen molar-refractivity contribution in [1.29, 1.82) is 0 Å². The molecule has 0 bridgehead atoms. The molecule has 1 fully saturated rings. The van der Waals surface area contributed by atoms with Gasteiger partial charge in [0.2, 0.25) is 17.7 Å². The summed E-state index contributed by atoms with van der Waals surface area (Å²) in [6.45, 7) is 11.2. The van der Waals surface area contributed by atoms with Gasteiger partial charge in [0.15, 0.2) is 0 Å². The Morgan fingerprint density at radius 1 is 0.951 bits per heavy atom. The van der Waals surface area contributed by atoms with Gasteiger partial charge in [-0.2, -0.15) is 0 Å². The summed E-state index contributed by atoms with van der Waals surface area (Å²) in [6.07, 6.45) is -0.971. The zero-order valence-corrected chi connectivity index (χ0v) is 35.7. The van der Waals surface area contributed by atoms with Crippen molar-refractivity contribution in [1.82, 2.24) is 30.5 Å². The highest BCUT2D eigenvalue weighted by Crippen LogP contribution is 2.27. The van der Waals surface area contributed by atoms with E-state index in [2.05, 4.69) is 26.3 Å². The summed E-state index contributed by atoms with van der Waals surface area (Å²) in [5, 5.41) is 46.8. The number of hydrogen-bond donors (Lipinski definition) is 6. The number of methoxy groups -OCH3 is 1. The van der Waals surface area contributed by atoms with Crippen LogP contribution in [0.15, 0.2) is 36.5 Å². The first-order valence-electron chi connectivity index (χ1n) is 20.2. The Morgan fingerprint density at radius 3 is 2.31 bits per heavy atom. The number of nitrogens with zero attached hydrogens (tertiary/aromatic N) is 4. The van der Waals surface area contributed by atoms with Crippen LogP contribution in [-0.4, -0.2) is 141 Å². The quantitative estimate of drug-likeness (QED) is 0.0552. The van der Waals surface area contributed by atoms with Crippen LogP contribution in [-0.2, 0) is 67.3 Å². The number of carbonyl (C=O) groups is 6. The Balaban J connectivity index is 1.42. The number of carbonyl (C=O) groups excluding carboxylic acids is 6. The van der Waals surface area contributed by atoms with Crippen molar-refractivity contribution in [2.45, 2.75) is 116 Å². The maximum Gasteiger partial charge on any atom is 0.311 e. The molecule has 6 N–H and O–H groups in total. The fraction of sp³-hybridized carbons (Fsp3) is 0.610. The highest BCUT2D eigenvalue weighted by atomic mass is 16.5. The van der Waals surface area contributed by atoms with Gasteiger partial charge in [-0.3, -0.25) is 33.7 Å². The molecule has 1 aromatic carbocycles. The lowest BCUT2D eigenvalue weighted by Gasteiger charge is -2.35. The van der Waals surface area contributed by atoms with Crippen LogP contribution in [0.1, 0.15) is 77.2 Å². The fourth-order valence-electron chi connectivity index (χ4n) is 6.44. The average Bonchev–Trinajstić information content (AvgIpc) is 3.81. The number of aliphatic hydroxyl groups is 3. The molecule has 0 radical (unpaired) electrons. The van der Waals surface area contributed by atoms with Gasteiger partial charge in [-0.05, 0) is 69.7 Å². The van der Waals surface area contributed by atoms with Gasteiger partial charge in [0, 0.05) is 24.9 Å². The predicted molar refractivity (Wildman–Crippen MR) is 216 cm³/mol. The lowest BCUT2D eigenvalue weighted by molar-refractivity contribution is -0.188. The summed E-state index contributed by atoms with van der Waals surface area (Å²) >= 11 is 0. The molecule has 7 atom stereocenters. The molecule has 2 aliphatic rings. The molecule has 2 aliphatic heterocycles. The maximum atomic E-state index is 13.6. The van der Waals surface area contributed by atoms with E-state index in [0.717, 1.165) is 17.1 Å². The smallest absolute Gasteiger partial charge is 0.311 e. The van der Waals surface area contributed by atoms with E-state index in [-0.39, 0.29) is 38.4 Å². The number of esters is 1. The van der Waals surface area contributed by atoms with Crippen molar-refractivity contribution >= 4 is 41.2 Å². The van der Waals surface area contributed by atoms with E-state index in [1.165, 1.54) is 17.8 Å². The van der Waals surface area contributed by atoms with Crippen LogP contribution in [0.2, 0.25) is 0 Å². The van der Waals surface area contributed by atoms with E-state index in [4.69, 9.17) is 18.9 Å². The van der Waals surface area contributed by atoms with Crippen molar-refractivity contribution in [3.05, 3.63) is 53.4 Å². The molecule has 336 valence electrons. The summed E-state index contributed by atoms with van der Waals surface area (Å²) in [6, 6.07) is 1.60. The normalized spacial score (nSPS) is 20.7. The molecule has 2 aromatic rings. The van der Waals surface area contributed by atoms with Crippen molar-refractivity contribution < 1.29 is 63.0 Å². The van der Waals surface area contributed by atoms with Crippen LogP contribution < -0.4 is 16.0 Å². The molecule has 3 heterocycles. The standard InChI is InChI=1S/C41H59N7O13/c1-23(2)35(44-32(50)19-29(48-33(51)12-13-34(48)52)28-20-47(46-45-28)14-15-59-17-16-58-7)39(56)42-24(3)38(55)43-27-10-8-26(21-61-40(57)41(4,5)6)25(18-27)9-11-31-37(54)36(53)30(49)22-60-31/h8,10,12-13,18,20,23-24,29-31,35-37,49,53-54H,9,11,14-17,19,21-22H2,1-7H3,(H,42,56)(H,43,55)(H,44,50)/t24-,29-,30+,31-,35-,36-,37-/m0/s1. The average molecular weight is 858 g/mol. The lowest BCUT2D eigenvalue weighted by atomic mass is 9.93. The summed E-state index contributed by atoms with van der Waals surface area (Å²) in [5.41, 5.74) is 1.05. The highest BCUT2D eigenvalue weighted by Gasteiger charge is 2.38. The second-order valence-electron chi connectivity index (χ2n) is 16.4. The number of benzene rings is 1. The van der Waals surface area contributed by atoms with Crippen LogP contribution in [0.4, 0.5) is 5.69 Å². The Hall–Kier alpha value is -5.12. The molecule has 61 heavy (non-hydrogen) atoms. The molecular formula is C41H59N7O13. The van der Waals surface area contributed by atoms with E-state index in [9.17, 15) is 44.1 Å². The van der Waals surface area contributed by atoms with Gasteiger partial charge in [-0.15, -0.1) is 5.10 Å². The zero-order chi connectivity index (χ0) is 45.0. The first-order valence-corrected chi connectivity index (χ1v) is 20.2. The molecule has 20 heteroatoms. The molecule has 20 nitrogen and oxygen atoms in total. The summed E-state index contributed by atoms with van der Waals surface area (Å²) in [4.78, 5) is 79.5. The SMILES string of the molecule is COCCOCCn1cc([C@H](CC(=O)N[C@H](C(=O)N[C@@H](C)C(=O)Nc2ccc(COC(=O)C(C)(C)C)c(CC[C@@H]3OC[C@@H](O)[C@H](O)[C@H]3O)c2)C(C)C)N2C(=O)C=CC2=O)nn1. The van der Waals surface area contributed by atoms with Crippen molar-refractivity contribution in [3.8, 4) is 0 Å². The number of aromatic nitrogens is 3. The van der Waals surface area contributed by atoms with E-state index < -0.39 is 95.8 Å². The lowest BCUT2D eigenvalue weighted by Crippen LogP contribution is -2.54. The first-order chi connectivity index (χ1) is 28.8. The van der Waals surface area contributed by atoms with Gasteiger partial charge in [0.25, 0.3) is 11.8 Å². The molecular weight excluding hydrogens is 798 g/mol.